The summed E-state index contributed by atoms with van der Waals surface area (Å²) in [6.45, 7) is 5.67. The van der Waals surface area contributed by atoms with Crippen LogP contribution in [0.5, 0.6) is 0 Å². The van der Waals surface area contributed by atoms with Crippen molar-refractivity contribution >= 4 is 17.4 Å². The molecule has 0 saturated carbocycles. The Hall–Kier alpha value is -2.56. The van der Waals surface area contributed by atoms with Gasteiger partial charge in [-0.15, -0.1) is 0 Å². The van der Waals surface area contributed by atoms with Gasteiger partial charge in [0.15, 0.2) is 5.78 Å². The third kappa shape index (κ3) is 2.67. The Balaban J connectivity index is 1.96. The molecule has 1 aliphatic carbocycles. The summed E-state index contributed by atoms with van der Waals surface area (Å²) >= 11 is 0. The van der Waals surface area contributed by atoms with Gasteiger partial charge >= 0.3 is 0 Å². The third-order valence-electron chi connectivity index (χ3n) is 3.37. The van der Waals surface area contributed by atoms with Gasteiger partial charge in [-0.3, -0.25) is 4.79 Å². The zero-order valence-electron chi connectivity index (χ0n) is 11.6. The Labute approximate surface area is 121 Å². The molecule has 0 atom stereocenters. The molecule has 0 aliphatic heterocycles. The van der Waals surface area contributed by atoms with E-state index in [0.29, 0.717) is 41.4 Å². The minimum absolute atomic E-state index is 0.0204. The number of allylic oxidation sites excluding steroid dienone is 1. The number of hydrogen-bond donors (Lipinski definition) is 1. The topological polar surface area (TPSA) is 54.9 Å². The maximum Gasteiger partial charge on any atom is 0.227 e. The number of fused-ring (bicyclic) bond motifs is 1. The van der Waals surface area contributed by atoms with Gasteiger partial charge < -0.3 is 5.32 Å². The molecule has 2 aromatic rings. The van der Waals surface area contributed by atoms with Gasteiger partial charge in [0.25, 0.3) is 0 Å². The number of halogens is 1. The lowest BCUT2D eigenvalue weighted by molar-refractivity contribution is 0.0985. The van der Waals surface area contributed by atoms with Crippen molar-refractivity contribution in [1.82, 2.24) is 9.97 Å². The zero-order valence-corrected chi connectivity index (χ0v) is 11.6. The van der Waals surface area contributed by atoms with Crippen molar-refractivity contribution in [3.63, 3.8) is 0 Å². The summed E-state index contributed by atoms with van der Waals surface area (Å²) in [5.41, 5.74) is 3.51. The second kappa shape index (κ2) is 5.09. The van der Waals surface area contributed by atoms with E-state index in [9.17, 15) is 9.18 Å². The molecular formula is C16H14FN3O. The van der Waals surface area contributed by atoms with Crippen LogP contribution in [0.3, 0.4) is 0 Å². The molecule has 0 radical (unpaired) electrons. The molecule has 0 unspecified atom stereocenters. The van der Waals surface area contributed by atoms with Crippen LogP contribution in [0.25, 0.3) is 0 Å². The Morgan fingerprint density at radius 1 is 1.19 bits per heavy atom. The highest BCUT2D eigenvalue weighted by molar-refractivity contribution is 6.01. The van der Waals surface area contributed by atoms with Crippen molar-refractivity contribution in [2.24, 2.45) is 0 Å². The van der Waals surface area contributed by atoms with Crippen molar-refractivity contribution < 1.29 is 9.18 Å². The Kier molecular flexibility index (Phi) is 3.25. The first-order valence-electron chi connectivity index (χ1n) is 6.63. The molecule has 0 saturated heterocycles. The van der Waals surface area contributed by atoms with E-state index in [1.54, 1.807) is 19.1 Å². The Bertz CT molecular complexity index is 738. The number of Topliss-reactive ketones (excluding diaryl/α,β-unsaturated/α-hetero) is 1. The number of benzene rings is 1. The van der Waals surface area contributed by atoms with Crippen LogP contribution in [-0.4, -0.2) is 15.8 Å². The number of rotatable bonds is 2. The molecular weight excluding hydrogens is 269 g/mol. The fraction of sp³-hybridized carbons (Fsp3) is 0.188. The van der Waals surface area contributed by atoms with Crippen LogP contribution in [0.4, 0.5) is 16.0 Å². The van der Waals surface area contributed by atoms with Gasteiger partial charge in [-0.1, -0.05) is 12.2 Å². The molecule has 0 bridgehead atoms. The summed E-state index contributed by atoms with van der Waals surface area (Å²) in [6, 6.07) is 5.94. The van der Waals surface area contributed by atoms with Crippen molar-refractivity contribution in [2.45, 2.75) is 19.8 Å². The van der Waals surface area contributed by atoms with Crippen molar-refractivity contribution in [2.75, 3.05) is 5.32 Å². The largest absolute Gasteiger partial charge is 0.324 e. The summed E-state index contributed by atoms with van der Waals surface area (Å²) in [5, 5.41) is 3.02. The molecule has 4 nitrogen and oxygen atoms in total. The second-order valence-corrected chi connectivity index (χ2v) is 5.11. The first kappa shape index (κ1) is 13.4. The van der Waals surface area contributed by atoms with Gasteiger partial charge in [0, 0.05) is 18.5 Å². The molecule has 21 heavy (non-hydrogen) atoms. The number of carbonyl (C=O) groups excluding carboxylic acids is 1. The lowest BCUT2D eigenvalue weighted by Crippen LogP contribution is -2.18. The van der Waals surface area contributed by atoms with Crippen molar-refractivity contribution in [3.8, 4) is 0 Å². The van der Waals surface area contributed by atoms with Gasteiger partial charge in [-0.05, 0) is 31.2 Å². The maximum atomic E-state index is 12.9. The first-order chi connectivity index (χ1) is 10.0. The first-order valence-corrected chi connectivity index (χ1v) is 6.63. The van der Waals surface area contributed by atoms with E-state index in [0.717, 1.165) is 5.57 Å². The van der Waals surface area contributed by atoms with Gasteiger partial charge in [0.05, 0.1) is 17.0 Å². The SMILES string of the molecule is C=C1CC(=O)c2c(C)nc(Nc3ccc(F)cc3)nc2C1. The van der Waals surface area contributed by atoms with E-state index < -0.39 is 0 Å². The number of hydrogen-bond acceptors (Lipinski definition) is 4. The fourth-order valence-electron chi connectivity index (χ4n) is 2.46. The molecule has 0 fully saturated rings. The lowest BCUT2D eigenvalue weighted by Gasteiger charge is -2.18. The van der Waals surface area contributed by atoms with Crippen LogP contribution in [0, 0.1) is 12.7 Å². The average molecular weight is 283 g/mol. The maximum absolute atomic E-state index is 12.9. The quantitative estimate of drug-likeness (QED) is 0.859. The normalized spacial score (nSPS) is 14.0. The number of nitrogens with one attached hydrogen (secondary N) is 1. The molecule has 5 heteroatoms. The van der Waals surface area contributed by atoms with Crippen LogP contribution in [0.2, 0.25) is 0 Å². The number of nitrogens with zero attached hydrogens (tertiary/aromatic N) is 2. The number of anilines is 2. The minimum atomic E-state index is -0.301. The molecule has 106 valence electrons. The van der Waals surface area contributed by atoms with Crippen LogP contribution >= 0.6 is 0 Å². The molecule has 0 amide bonds. The van der Waals surface area contributed by atoms with Gasteiger partial charge in [0.2, 0.25) is 5.95 Å². The molecule has 1 heterocycles. The molecule has 3 rings (SSSR count). The minimum Gasteiger partial charge on any atom is -0.324 e. The average Bonchev–Trinajstić information content (AvgIpc) is 2.40. The summed E-state index contributed by atoms with van der Waals surface area (Å²) in [5.74, 6) is 0.123. The lowest BCUT2D eigenvalue weighted by atomic mass is 9.90. The highest BCUT2D eigenvalue weighted by Crippen LogP contribution is 2.26. The van der Waals surface area contributed by atoms with E-state index in [4.69, 9.17) is 0 Å². The second-order valence-electron chi connectivity index (χ2n) is 5.11. The smallest absolute Gasteiger partial charge is 0.227 e. The van der Waals surface area contributed by atoms with Crippen LogP contribution in [-0.2, 0) is 6.42 Å². The van der Waals surface area contributed by atoms with Crippen molar-refractivity contribution in [1.29, 1.82) is 0 Å². The highest BCUT2D eigenvalue weighted by Gasteiger charge is 2.24. The Morgan fingerprint density at radius 3 is 2.62 bits per heavy atom. The molecule has 1 aliphatic rings. The molecule has 0 spiro atoms. The van der Waals surface area contributed by atoms with Crippen LogP contribution in [0.15, 0.2) is 36.4 Å². The standard InChI is InChI=1S/C16H14FN3O/c1-9-7-13-15(14(21)8-9)10(2)18-16(20-13)19-12-5-3-11(17)4-6-12/h3-6H,1,7-8H2,2H3,(H,18,19,20). The molecule has 1 aromatic carbocycles. The number of aryl methyl sites for hydroxylation is 1. The van der Waals surface area contributed by atoms with E-state index in [-0.39, 0.29) is 11.6 Å². The highest BCUT2D eigenvalue weighted by atomic mass is 19.1. The van der Waals surface area contributed by atoms with Gasteiger partial charge in [-0.25, -0.2) is 14.4 Å². The monoisotopic (exact) mass is 283 g/mol. The summed E-state index contributed by atoms with van der Waals surface area (Å²) in [7, 11) is 0. The van der Waals surface area contributed by atoms with Crippen LogP contribution < -0.4 is 5.32 Å². The molecule has 1 N–H and O–H groups in total. The van der Waals surface area contributed by atoms with Crippen molar-refractivity contribution in [3.05, 3.63) is 59.2 Å². The number of ketones is 1. The Morgan fingerprint density at radius 2 is 1.90 bits per heavy atom. The predicted molar refractivity (Wildman–Crippen MR) is 78.2 cm³/mol. The molecule has 1 aromatic heterocycles. The summed E-state index contributed by atoms with van der Waals surface area (Å²) < 4.78 is 12.9. The van der Waals surface area contributed by atoms with Gasteiger partial charge in [-0.2, -0.15) is 0 Å². The summed E-state index contributed by atoms with van der Waals surface area (Å²) in [4.78, 5) is 20.7. The van der Waals surface area contributed by atoms with E-state index in [1.165, 1.54) is 12.1 Å². The van der Waals surface area contributed by atoms with E-state index >= 15 is 0 Å². The van der Waals surface area contributed by atoms with Crippen LogP contribution in [0.1, 0.15) is 28.2 Å². The number of aromatic nitrogens is 2. The third-order valence-corrected chi connectivity index (χ3v) is 3.37. The zero-order chi connectivity index (χ0) is 15.0. The summed E-state index contributed by atoms with van der Waals surface area (Å²) in [6.07, 6.45) is 0.949. The predicted octanol–water partition coefficient (Wildman–Crippen LogP) is 3.35. The fourth-order valence-corrected chi connectivity index (χ4v) is 2.46. The number of carbonyl (C=O) groups is 1. The van der Waals surface area contributed by atoms with Gasteiger partial charge in [0.1, 0.15) is 5.82 Å². The van der Waals surface area contributed by atoms with E-state index in [1.807, 2.05) is 0 Å². The van der Waals surface area contributed by atoms with E-state index in [2.05, 4.69) is 21.9 Å².